The third-order valence-electron chi connectivity index (χ3n) is 3.16. The molecule has 1 aliphatic carbocycles. The van der Waals surface area contributed by atoms with E-state index in [1.54, 1.807) is 0 Å². The summed E-state index contributed by atoms with van der Waals surface area (Å²) in [6.07, 6.45) is 3.39. The summed E-state index contributed by atoms with van der Waals surface area (Å²) in [5, 5.41) is 18.8. The molecular weight excluding hydrogens is 138 g/mol. The average molecular weight is 153 g/mol. The molecule has 0 amide bonds. The monoisotopic (exact) mass is 153 g/mol. The quantitative estimate of drug-likeness (QED) is 0.657. The van der Waals surface area contributed by atoms with Crippen LogP contribution < -0.4 is 0 Å². The molecule has 1 fully saturated rings. The van der Waals surface area contributed by atoms with Crippen molar-refractivity contribution in [1.82, 2.24) is 0 Å². The normalized spacial score (nSPS) is 26.4. The molecule has 0 aromatic rings. The maximum Gasteiger partial charge on any atom is 0.0830 e. The van der Waals surface area contributed by atoms with Crippen molar-refractivity contribution in [2.45, 2.75) is 45.1 Å². The van der Waals surface area contributed by atoms with Crippen molar-refractivity contribution < 1.29 is 5.11 Å². The smallest absolute Gasteiger partial charge is 0.0830 e. The number of nitrogens with zero attached hydrogens (tertiary/aromatic N) is 1. The fraction of sp³-hybridized carbons (Fsp3) is 0.889. The van der Waals surface area contributed by atoms with Gasteiger partial charge in [-0.3, -0.25) is 0 Å². The number of aliphatic hydroxyl groups is 1. The highest BCUT2D eigenvalue weighted by molar-refractivity contribution is 5.11. The van der Waals surface area contributed by atoms with Crippen molar-refractivity contribution >= 4 is 0 Å². The lowest BCUT2D eigenvalue weighted by Gasteiger charge is -2.46. The molecule has 0 aromatic carbocycles. The topological polar surface area (TPSA) is 44.0 Å². The van der Waals surface area contributed by atoms with E-state index in [0.29, 0.717) is 0 Å². The van der Waals surface area contributed by atoms with Gasteiger partial charge >= 0.3 is 0 Å². The van der Waals surface area contributed by atoms with Crippen molar-refractivity contribution in [3.05, 3.63) is 0 Å². The molecule has 0 aromatic heterocycles. The van der Waals surface area contributed by atoms with Crippen LogP contribution in [0.2, 0.25) is 0 Å². The van der Waals surface area contributed by atoms with Crippen LogP contribution in [0.5, 0.6) is 0 Å². The first-order valence-corrected chi connectivity index (χ1v) is 4.21. The molecule has 2 nitrogen and oxygen atoms in total. The van der Waals surface area contributed by atoms with E-state index in [1.807, 2.05) is 13.8 Å². The van der Waals surface area contributed by atoms with Crippen molar-refractivity contribution in [2.75, 3.05) is 0 Å². The summed E-state index contributed by atoms with van der Waals surface area (Å²) in [4.78, 5) is 0. The Morgan fingerprint density at radius 1 is 1.64 bits per heavy atom. The zero-order valence-electron chi connectivity index (χ0n) is 7.22. The summed E-state index contributed by atoms with van der Waals surface area (Å²) in [7, 11) is 0. The summed E-state index contributed by atoms with van der Waals surface area (Å²) >= 11 is 0. The summed E-state index contributed by atoms with van der Waals surface area (Å²) in [5.74, 6) is 0. The lowest BCUT2D eigenvalue weighted by atomic mass is 9.62. The lowest BCUT2D eigenvalue weighted by Crippen LogP contribution is -2.50. The van der Waals surface area contributed by atoms with Crippen molar-refractivity contribution in [3.8, 4) is 6.07 Å². The largest absolute Gasteiger partial charge is 0.388 e. The van der Waals surface area contributed by atoms with Crippen LogP contribution >= 0.6 is 0 Å². The van der Waals surface area contributed by atoms with Gasteiger partial charge in [-0.25, -0.2) is 0 Å². The Labute approximate surface area is 67.8 Å². The van der Waals surface area contributed by atoms with E-state index in [1.165, 1.54) is 0 Å². The van der Waals surface area contributed by atoms with Gasteiger partial charge in [0.1, 0.15) is 0 Å². The van der Waals surface area contributed by atoms with Gasteiger partial charge in [-0.05, 0) is 32.6 Å². The van der Waals surface area contributed by atoms with Crippen LogP contribution in [-0.4, -0.2) is 10.7 Å². The van der Waals surface area contributed by atoms with Crippen molar-refractivity contribution in [2.24, 2.45) is 5.41 Å². The Hall–Kier alpha value is -0.550. The number of hydrogen-bond donors (Lipinski definition) is 1. The van der Waals surface area contributed by atoms with E-state index < -0.39 is 11.0 Å². The molecule has 1 atom stereocenters. The van der Waals surface area contributed by atoms with Gasteiger partial charge in [0.2, 0.25) is 0 Å². The highest BCUT2D eigenvalue weighted by atomic mass is 16.3. The van der Waals surface area contributed by atoms with E-state index in [-0.39, 0.29) is 0 Å². The Morgan fingerprint density at radius 3 is 2.27 bits per heavy atom. The summed E-state index contributed by atoms with van der Waals surface area (Å²) in [6, 6.07) is 2.22. The molecule has 0 saturated heterocycles. The Balaban J connectivity index is 2.77. The average Bonchev–Trinajstić information content (AvgIpc) is 1.98. The molecule has 0 aliphatic heterocycles. The second kappa shape index (κ2) is 2.49. The molecule has 62 valence electrons. The molecule has 1 unspecified atom stereocenters. The maximum absolute atomic E-state index is 9.91. The highest BCUT2D eigenvalue weighted by Gasteiger charge is 2.50. The predicted molar refractivity (Wildman–Crippen MR) is 42.8 cm³/mol. The summed E-state index contributed by atoms with van der Waals surface area (Å²) in [5.41, 5.74) is -1.21. The van der Waals surface area contributed by atoms with Crippen molar-refractivity contribution in [1.29, 1.82) is 5.26 Å². The Kier molecular flexibility index (Phi) is 1.94. The molecule has 0 spiro atoms. The fourth-order valence-corrected chi connectivity index (χ4v) is 1.58. The van der Waals surface area contributed by atoms with Gasteiger partial charge < -0.3 is 5.11 Å². The number of rotatable bonds is 2. The SMILES string of the molecule is CCC(C)(C#N)C1(O)CCC1. The van der Waals surface area contributed by atoms with E-state index in [9.17, 15) is 5.11 Å². The lowest BCUT2D eigenvalue weighted by molar-refractivity contribution is -0.109. The number of nitriles is 1. The second-order valence-corrected chi connectivity index (χ2v) is 3.68. The minimum atomic E-state index is -0.684. The molecule has 1 rings (SSSR count). The fourth-order valence-electron chi connectivity index (χ4n) is 1.58. The van der Waals surface area contributed by atoms with Crippen LogP contribution in [0.15, 0.2) is 0 Å². The van der Waals surface area contributed by atoms with Crippen LogP contribution in [-0.2, 0) is 0 Å². The van der Waals surface area contributed by atoms with Crippen LogP contribution in [0.4, 0.5) is 0 Å². The standard InChI is InChI=1S/C9H15NO/c1-3-8(2,7-10)9(11)5-4-6-9/h11H,3-6H2,1-2H3. The molecule has 2 heteroatoms. The minimum absolute atomic E-state index is 0.523. The van der Waals surface area contributed by atoms with Gasteiger partial charge in [-0.1, -0.05) is 6.92 Å². The third kappa shape index (κ3) is 1.04. The predicted octanol–water partition coefficient (Wildman–Crippen LogP) is 1.84. The maximum atomic E-state index is 9.91. The molecule has 0 heterocycles. The first kappa shape index (κ1) is 8.55. The summed E-state index contributed by atoms with van der Waals surface area (Å²) in [6.45, 7) is 3.81. The molecule has 0 radical (unpaired) electrons. The first-order valence-electron chi connectivity index (χ1n) is 4.21. The molecule has 1 aliphatic rings. The van der Waals surface area contributed by atoms with Gasteiger partial charge in [0.15, 0.2) is 0 Å². The van der Waals surface area contributed by atoms with E-state index in [2.05, 4.69) is 6.07 Å². The van der Waals surface area contributed by atoms with Crippen molar-refractivity contribution in [3.63, 3.8) is 0 Å². The van der Waals surface area contributed by atoms with E-state index in [0.717, 1.165) is 25.7 Å². The van der Waals surface area contributed by atoms with Gasteiger partial charge in [0, 0.05) is 0 Å². The third-order valence-corrected chi connectivity index (χ3v) is 3.16. The van der Waals surface area contributed by atoms with Gasteiger partial charge in [-0.2, -0.15) is 5.26 Å². The molecule has 1 saturated carbocycles. The zero-order valence-corrected chi connectivity index (χ0v) is 7.22. The van der Waals surface area contributed by atoms with Gasteiger partial charge in [0.25, 0.3) is 0 Å². The number of hydrogen-bond acceptors (Lipinski definition) is 2. The Bertz CT molecular complexity index is 190. The Morgan fingerprint density at radius 2 is 2.18 bits per heavy atom. The minimum Gasteiger partial charge on any atom is -0.388 e. The van der Waals surface area contributed by atoms with Crippen LogP contribution in [0, 0.1) is 16.7 Å². The molecular formula is C9H15NO. The van der Waals surface area contributed by atoms with Gasteiger partial charge in [0.05, 0.1) is 17.1 Å². The molecule has 1 N–H and O–H groups in total. The zero-order chi connectivity index (χ0) is 8.54. The van der Waals surface area contributed by atoms with E-state index in [4.69, 9.17) is 5.26 Å². The van der Waals surface area contributed by atoms with Crippen LogP contribution in [0.25, 0.3) is 0 Å². The molecule has 0 bridgehead atoms. The molecule has 11 heavy (non-hydrogen) atoms. The second-order valence-electron chi connectivity index (χ2n) is 3.68. The first-order chi connectivity index (χ1) is 5.08. The summed E-state index contributed by atoms with van der Waals surface area (Å²) < 4.78 is 0. The van der Waals surface area contributed by atoms with Gasteiger partial charge in [-0.15, -0.1) is 0 Å². The highest BCUT2D eigenvalue weighted by Crippen LogP contribution is 2.47. The van der Waals surface area contributed by atoms with Crippen LogP contribution in [0.1, 0.15) is 39.5 Å². The van der Waals surface area contributed by atoms with E-state index >= 15 is 0 Å². The van der Waals surface area contributed by atoms with Crippen LogP contribution in [0.3, 0.4) is 0 Å².